The third kappa shape index (κ3) is 5.03. The molecular formula is C24H25N5O4. The maximum Gasteiger partial charge on any atom is 0.331 e. The summed E-state index contributed by atoms with van der Waals surface area (Å²) >= 11 is 0. The van der Waals surface area contributed by atoms with Gasteiger partial charge in [-0.05, 0) is 29.8 Å². The Morgan fingerprint density at radius 2 is 1.70 bits per heavy atom. The zero-order valence-electron chi connectivity index (χ0n) is 18.3. The molecule has 0 radical (unpaired) electrons. The fourth-order valence-electron chi connectivity index (χ4n) is 3.77. The van der Waals surface area contributed by atoms with Gasteiger partial charge >= 0.3 is 5.69 Å². The lowest BCUT2D eigenvalue weighted by atomic mass is 10.2. The van der Waals surface area contributed by atoms with Crippen LogP contribution >= 0.6 is 0 Å². The van der Waals surface area contributed by atoms with Gasteiger partial charge in [-0.15, -0.1) is 0 Å². The second-order valence-corrected chi connectivity index (χ2v) is 7.84. The normalized spacial score (nSPS) is 14.1. The smallest absolute Gasteiger partial charge is 0.331 e. The highest BCUT2D eigenvalue weighted by Crippen LogP contribution is 2.21. The molecule has 1 saturated heterocycles. The largest absolute Gasteiger partial charge is 0.494 e. The summed E-state index contributed by atoms with van der Waals surface area (Å²) in [6.45, 7) is 4.60. The molecular weight excluding hydrogens is 422 g/mol. The number of nitrogens with one attached hydrogen (secondary N) is 1. The van der Waals surface area contributed by atoms with Crippen LogP contribution < -0.4 is 16.1 Å². The van der Waals surface area contributed by atoms with Crippen LogP contribution in [0, 0.1) is 0 Å². The average molecular weight is 447 g/mol. The van der Waals surface area contributed by atoms with Crippen LogP contribution in [0.1, 0.15) is 18.1 Å². The van der Waals surface area contributed by atoms with E-state index in [-0.39, 0.29) is 18.0 Å². The number of hydrogen-bond donors (Lipinski definition) is 2. The number of carbonyl (C=O) groups is 1. The van der Waals surface area contributed by atoms with Crippen molar-refractivity contribution in [3.05, 3.63) is 86.6 Å². The van der Waals surface area contributed by atoms with Crippen LogP contribution in [0.25, 0.3) is 0 Å². The number of nitrogens with zero attached hydrogens (tertiary/aromatic N) is 4. The second-order valence-electron chi connectivity index (χ2n) is 7.84. The third-order valence-corrected chi connectivity index (χ3v) is 5.67. The Bertz CT molecular complexity index is 1270. The van der Waals surface area contributed by atoms with Crippen LogP contribution in [0.2, 0.25) is 0 Å². The van der Waals surface area contributed by atoms with E-state index in [0.29, 0.717) is 18.8 Å². The molecule has 2 aromatic carbocycles. The summed E-state index contributed by atoms with van der Waals surface area (Å²) in [5.41, 5.74) is 0.952. The molecule has 1 aliphatic heterocycles. The van der Waals surface area contributed by atoms with E-state index in [1.165, 1.54) is 6.21 Å². The summed E-state index contributed by atoms with van der Waals surface area (Å²) in [6.07, 6.45) is 1.26. The van der Waals surface area contributed by atoms with Crippen LogP contribution in [-0.4, -0.2) is 57.9 Å². The van der Waals surface area contributed by atoms with E-state index >= 15 is 0 Å². The molecule has 1 aromatic heterocycles. The Labute approximate surface area is 190 Å². The molecule has 1 amide bonds. The van der Waals surface area contributed by atoms with Gasteiger partial charge in [-0.2, -0.15) is 0 Å². The molecule has 170 valence electrons. The molecule has 3 aromatic rings. The van der Waals surface area contributed by atoms with Gasteiger partial charge in [0.25, 0.3) is 5.56 Å². The summed E-state index contributed by atoms with van der Waals surface area (Å²) in [5, 5.41) is 10.6. The number of H-pyrrole nitrogens is 1. The molecule has 2 N–H and O–H groups in total. The molecule has 1 fully saturated rings. The highest BCUT2D eigenvalue weighted by atomic mass is 16.3. The molecule has 0 aliphatic carbocycles. The van der Waals surface area contributed by atoms with Crippen molar-refractivity contribution in [1.82, 2.24) is 14.5 Å². The first-order valence-electron chi connectivity index (χ1n) is 10.7. The van der Waals surface area contributed by atoms with Crippen LogP contribution in [-0.2, 0) is 11.3 Å². The van der Waals surface area contributed by atoms with Gasteiger partial charge < -0.3 is 14.9 Å². The number of aromatic hydroxyl groups is 1. The number of amides is 1. The van der Waals surface area contributed by atoms with Gasteiger partial charge in [0.15, 0.2) is 0 Å². The van der Waals surface area contributed by atoms with Crippen molar-refractivity contribution >= 4 is 23.5 Å². The molecule has 0 spiro atoms. The molecule has 0 atom stereocenters. The first-order valence-corrected chi connectivity index (χ1v) is 10.7. The molecule has 0 unspecified atom stereocenters. The first kappa shape index (κ1) is 22.1. The Hall–Kier alpha value is -4.14. The van der Waals surface area contributed by atoms with E-state index in [4.69, 9.17) is 0 Å². The first-order chi connectivity index (χ1) is 15.9. The summed E-state index contributed by atoms with van der Waals surface area (Å²) in [7, 11) is 0. The minimum Gasteiger partial charge on any atom is -0.494 e. The quantitative estimate of drug-likeness (QED) is 0.579. The van der Waals surface area contributed by atoms with Crippen LogP contribution in [0.15, 0.2) is 69.2 Å². The molecule has 4 rings (SSSR count). The van der Waals surface area contributed by atoms with Crippen molar-refractivity contribution in [2.45, 2.75) is 13.5 Å². The maximum atomic E-state index is 12.3. The fourth-order valence-corrected chi connectivity index (χ4v) is 3.77. The number of rotatable bonds is 5. The van der Waals surface area contributed by atoms with Crippen molar-refractivity contribution in [3.8, 4) is 5.88 Å². The molecule has 2 heterocycles. The van der Waals surface area contributed by atoms with E-state index in [9.17, 15) is 19.5 Å². The number of aliphatic imine (C=N–C) groups is 1. The zero-order valence-corrected chi connectivity index (χ0v) is 18.3. The lowest BCUT2D eigenvalue weighted by Gasteiger charge is -2.35. The van der Waals surface area contributed by atoms with Crippen molar-refractivity contribution in [2.24, 2.45) is 4.99 Å². The minimum atomic E-state index is -0.703. The lowest BCUT2D eigenvalue weighted by Crippen LogP contribution is -2.48. The number of aromatic nitrogens is 2. The van der Waals surface area contributed by atoms with E-state index < -0.39 is 17.1 Å². The SMILES string of the molecule is CC(=O)N1CCN(c2ccc(N=Cc3c(O)n(Cc4ccccc4)c(=O)[nH]c3=O)cc2)CC1. The van der Waals surface area contributed by atoms with Crippen molar-refractivity contribution in [2.75, 3.05) is 31.1 Å². The molecule has 33 heavy (non-hydrogen) atoms. The van der Waals surface area contributed by atoms with Crippen LogP contribution in [0.4, 0.5) is 11.4 Å². The molecule has 9 heteroatoms. The number of carbonyl (C=O) groups excluding carboxylic acids is 1. The van der Waals surface area contributed by atoms with Gasteiger partial charge in [-0.3, -0.25) is 24.1 Å². The minimum absolute atomic E-state index is 0.0880. The molecule has 0 bridgehead atoms. The summed E-state index contributed by atoms with van der Waals surface area (Å²) in [4.78, 5) is 46.5. The van der Waals surface area contributed by atoms with E-state index in [1.54, 1.807) is 6.92 Å². The van der Waals surface area contributed by atoms with Gasteiger partial charge in [0.05, 0.1) is 12.2 Å². The van der Waals surface area contributed by atoms with Crippen molar-refractivity contribution in [3.63, 3.8) is 0 Å². The summed E-state index contributed by atoms with van der Waals surface area (Å²) < 4.78 is 1.10. The second kappa shape index (κ2) is 9.56. The predicted octanol–water partition coefficient (Wildman–Crippen LogP) is 1.71. The monoisotopic (exact) mass is 447 g/mol. The molecule has 1 aliphatic rings. The number of hydrogen-bond acceptors (Lipinski definition) is 6. The van der Waals surface area contributed by atoms with Crippen LogP contribution in [0.3, 0.4) is 0 Å². The third-order valence-electron chi connectivity index (χ3n) is 5.67. The summed E-state index contributed by atoms with van der Waals surface area (Å²) in [6, 6.07) is 16.7. The average Bonchev–Trinajstić information content (AvgIpc) is 2.83. The summed E-state index contributed by atoms with van der Waals surface area (Å²) in [5.74, 6) is -0.344. The Morgan fingerprint density at radius 3 is 2.33 bits per heavy atom. The van der Waals surface area contributed by atoms with E-state index in [1.807, 2.05) is 59.5 Å². The fraction of sp³-hybridized carbons (Fsp3) is 0.250. The zero-order chi connectivity index (χ0) is 23.4. The van der Waals surface area contributed by atoms with Crippen LogP contribution in [0.5, 0.6) is 5.88 Å². The topological polar surface area (TPSA) is 111 Å². The lowest BCUT2D eigenvalue weighted by molar-refractivity contribution is -0.129. The van der Waals surface area contributed by atoms with Gasteiger partial charge in [0.2, 0.25) is 11.8 Å². The highest BCUT2D eigenvalue weighted by Gasteiger charge is 2.18. The Balaban J connectivity index is 1.51. The molecule has 9 nitrogen and oxygen atoms in total. The van der Waals surface area contributed by atoms with Gasteiger partial charge in [-0.25, -0.2) is 4.79 Å². The number of aromatic amines is 1. The van der Waals surface area contributed by atoms with E-state index in [0.717, 1.165) is 28.9 Å². The standard InChI is InChI=1S/C24H25N5O4/c1-17(30)27-11-13-28(14-12-27)20-9-7-19(8-10-20)25-15-21-22(31)26-24(33)29(23(21)32)16-18-5-3-2-4-6-18/h2-10,15,32H,11-14,16H2,1H3,(H,26,31,33). The number of anilines is 1. The predicted molar refractivity (Wildman–Crippen MR) is 127 cm³/mol. The number of piperazine rings is 1. The highest BCUT2D eigenvalue weighted by molar-refractivity contribution is 5.84. The molecule has 0 saturated carbocycles. The van der Waals surface area contributed by atoms with E-state index in [2.05, 4.69) is 14.9 Å². The Kier molecular flexibility index (Phi) is 6.39. The van der Waals surface area contributed by atoms with Crippen molar-refractivity contribution in [1.29, 1.82) is 0 Å². The number of benzene rings is 2. The van der Waals surface area contributed by atoms with Gasteiger partial charge in [0.1, 0.15) is 5.56 Å². The van der Waals surface area contributed by atoms with Crippen molar-refractivity contribution < 1.29 is 9.90 Å². The maximum absolute atomic E-state index is 12.3. The van der Waals surface area contributed by atoms with Gasteiger partial charge in [0, 0.05) is 45.0 Å². The van der Waals surface area contributed by atoms with Gasteiger partial charge in [-0.1, -0.05) is 30.3 Å². The Morgan fingerprint density at radius 1 is 1.03 bits per heavy atom.